The molecular weight excluding hydrogens is 502 g/mol. The molecule has 0 aliphatic heterocycles. The van der Waals surface area contributed by atoms with Crippen molar-refractivity contribution < 1.29 is 0 Å². The molecule has 0 atom stereocenters. The number of hydrogen-bond donors (Lipinski definition) is 1. The van der Waals surface area contributed by atoms with E-state index in [9.17, 15) is 0 Å². The van der Waals surface area contributed by atoms with Gasteiger partial charge in [0.1, 0.15) is 0 Å². The van der Waals surface area contributed by atoms with Crippen LogP contribution < -0.4 is 5.32 Å². The van der Waals surface area contributed by atoms with Crippen LogP contribution in [0, 0.1) is 0 Å². The maximum absolute atomic E-state index is 3.62. The van der Waals surface area contributed by atoms with Crippen LogP contribution >= 0.6 is 11.3 Å². The average molecular weight is 528 g/mol. The van der Waals surface area contributed by atoms with Gasteiger partial charge < -0.3 is 5.32 Å². The Kier molecular flexibility index (Phi) is 5.39. The number of fused-ring (bicyclic) bond motifs is 5. The van der Waals surface area contributed by atoms with Crippen molar-refractivity contribution in [2.75, 3.05) is 5.32 Å². The summed E-state index contributed by atoms with van der Waals surface area (Å²) in [6, 6.07) is 52.8. The summed E-state index contributed by atoms with van der Waals surface area (Å²) in [5, 5.41) is 11.3. The molecule has 7 aromatic carbocycles. The minimum Gasteiger partial charge on any atom is -0.355 e. The molecule has 0 saturated heterocycles. The zero-order valence-corrected chi connectivity index (χ0v) is 22.6. The lowest BCUT2D eigenvalue weighted by Crippen LogP contribution is -1.91. The zero-order chi connectivity index (χ0) is 26.5. The standard InChI is InChI=1S/C38H25NS/c1-2-8-27-21-30(14-13-25(27)7-1)36-23-29-10-4-3-9-28(29)22-35(36)26-15-17-31(18-16-26)39-32-19-20-34-33-11-5-6-12-37(33)40-38(34)24-32/h1-24,39H. The predicted octanol–water partition coefficient (Wildman–Crippen LogP) is 11.4. The van der Waals surface area contributed by atoms with Gasteiger partial charge in [-0.2, -0.15) is 0 Å². The van der Waals surface area contributed by atoms with Crippen molar-refractivity contribution in [3.63, 3.8) is 0 Å². The van der Waals surface area contributed by atoms with Crippen molar-refractivity contribution in [2.45, 2.75) is 0 Å². The van der Waals surface area contributed by atoms with E-state index in [-0.39, 0.29) is 0 Å². The quantitative estimate of drug-likeness (QED) is 0.240. The van der Waals surface area contributed by atoms with Gasteiger partial charge >= 0.3 is 0 Å². The first-order chi connectivity index (χ1) is 19.8. The molecule has 0 aliphatic rings. The first-order valence-corrected chi connectivity index (χ1v) is 14.4. The summed E-state index contributed by atoms with van der Waals surface area (Å²) in [4.78, 5) is 0. The molecule has 0 saturated carbocycles. The van der Waals surface area contributed by atoms with Gasteiger partial charge in [0.25, 0.3) is 0 Å². The summed E-state index contributed by atoms with van der Waals surface area (Å²) >= 11 is 1.85. The molecule has 0 spiro atoms. The Hall–Kier alpha value is -4.92. The molecule has 0 fully saturated rings. The second-order valence-electron chi connectivity index (χ2n) is 10.3. The van der Waals surface area contributed by atoms with Gasteiger partial charge in [0.2, 0.25) is 0 Å². The largest absolute Gasteiger partial charge is 0.355 e. The lowest BCUT2D eigenvalue weighted by Gasteiger charge is -2.14. The fraction of sp³-hybridized carbons (Fsp3) is 0. The third-order valence-corrected chi connectivity index (χ3v) is 8.94. The molecule has 0 bridgehead atoms. The highest BCUT2D eigenvalue weighted by molar-refractivity contribution is 7.25. The Morgan fingerprint density at radius 3 is 1.73 bits per heavy atom. The second kappa shape index (κ2) is 9.37. The van der Waals surface area contributed by atoms with Crippen molar-refractivity contribution in [3.05, 3.63) is 146 Å². The van der Waals surface area contributed by atoms with Gasteiger partial charge in [-0.25, -0.2) is 0 Å². The van der Waals surface area contributed by atoms with Gasteiger partial charge in [-0.3, -0.25) is 0 Å². The van der Waals surface area contributed by atoms with Crippen LogP contribution in [0.3, 0.4) is 0 Å². The topological polar surface area (TPSA) is 12.0 Å². The number of benzene rings is 7. The first kappa shape index (κ1) is 23.0. The lowest BCUT2D eigenvalue weighted by molar-refractivity contribution is 1.56. The van der Waals surface area contributed by atoms with Crippen molar-refractivity contribution in [1.29, 1.82) is 0 Å². The van der Waals surface area contributed by atoms with Gasteiger partial charge in [-0.1, -0.05) is 97.1 Å². The van der Waals surface area contributed by atoms with Crippen LogP contribution in [0.25, 0.3) is 64.0 Å². The van der Waals surface area contributed by atoms with Crippen LogP contribution in [-0.4, -0.2) is 0 Å². The summed E-state index contributed by atoms with van der Waals surface area (Å²) in [5.41, 5.74) is 7.12. The molecule has 188 valence electrons. The van der Waals surface area contributed by atoms with E-state index in [1.54, 1.807) is 0 Å². The molecule has 1 heterocycles. The van der Waals surface area contributed by atoms with E-state index in [1.165, 1.54) is 64.0 Å². The molecule has 0 radical (unpaired) electrons. The van der Waals surface area contributed by atoms with Gasteiger partial charge in [-0.05, 0) is 92.3 Å². The molecule has 0 unspecified atom stereocenters. The normalized spacial score (nSPS) is 11.5. The molecule has 40 heavy (non-hydrogen) atoms. The number of anilines is 2. The Balaban J connectivity index is 1.17. The highest BCUT2D eigenvalue weighted by Gasteiger charge is 2.11. The second-order valence-corrected chi connectivity index (χ2v) is 11.4. The van der Waals surface area contributed by atoms with E-state index >= 15 is 0 Å². The summed E-state index contributed by atoms with van der Waals surface area (Å²) in [5.74, 6) is 0. The molecule has 8 aromatic rings. The van der Waals surface area contributed by atoms with Crippen molar-refractivity contribution >= 4 is 64.4 Å². The minimum absolute atomic E-state index is 1.08. The average Bonchev–Trinajstić information content (AvgIpc) is 3.38. The van der Waals surface area contributed by atoms with Crippen LogP contribution in [0.15, 0.2) is 146 Å². The highest BCUT2D eigenvalue weighted by atomic mass is 32.1. The number of nitrogens with one attached hydrogen (secondary N) is 1. The van der Waals surface area contributed by atoms with E-state index in [4.69, 9.17) is 0 Å². The molecule has 1 nitrogen and oxygen atoms in total. The lowest BCUT2D eigenvalue weighted by atomic mass is 9.90. The molecule has 1 aromatic heterocycles. The first-order valence-electron chi connectivity index (χ1n) is 13.6. The highest BCUT2D eigenvalue weighted by Crippen LogP contribution is 2.38. The molecule has 0 aliphatic carbocycles. The van der Waals surface area contributed by atoms with Gasteiger partial charge in [0.05, 0.1) is 0 Å². The Bertz CT molecular complexity index is 2190. The van der Waals surface area contributed by atoms with Crippen LogP contribution in [0.5, 0.6) is 0 Å². The molecule has 2 heteroatoms. The number of rotatable bonds is 4. The van der Waals surface area contributed by atoms with Gasteiger partial charge in [0.15, 0.2) is 0 Å². The predicted molar refractivity (Wildman–Crippen MR) is 175 cm³/mol. The summed E-state index contributed by atoms with van der Waals surface area (Å²) in [7, 11) is 0. The van der Waals surface area contributed by atoms with E-state index in [1.807, 2.05) is 11.3 Å². The van der Waals surface area contributed by atoms with Crippen molar-refractivity contribution in [1.82, 2.24) is 0 Å². The van der Waals surface area contributed by atoms with E-state index in [0.717, 1.165) is 11.4 Å². The van der Waals surface area contributed by atoms with Crippen LogP contribution in [0.4, 0.5) is 11.4 Å². The SMILES string of the molecule is c1ccc2cc(-c3cc4ccccc4cc3-c3ccc(Nc4ccc5c(c4)sc4ccccc45)cc3)ccc2c1. The number of thiophene rings is 1. The molecular formula is C38H25NS. The van der Waals surface area contributed by atoms with E-state index < -0.39 is 0 Å². The Morgan fingerprint density at radius 2 is 0.950 bits per heavy atom. The molecule has 8 rings (SSSR count). The molecule has 0 amide bonds. The number of hydrogen-bond acceptors (Lipinski definition) is 2. The summed E-state index contributed by atoms with van der Waals surface area (Å²) in [6.45, 7) is 0. The fourth-order valence-electron chi connectivity index (χ4n) is 5.78. The zero-order valence-electron chi connectivity index (χ0n) is 21.8. The van der Waals surface area contributed by atoms with Gasteiger partial charge in [0, 0.05) is 31.5 Å². The third-order valence-electron chi connectivity index (χ3n) is 7.81. The maximum Gasteiger partial charge on any atom is 0.0398 e. The third kappa shape index (κ3) is 4.02. The van der Waals surface area contributed by atoms with Crippen molar-refractivity contribution in [3.8, 4) is 22.3 Å². The Morgan fingerprint density at radius 1 is 0.375 bits per heavy atom. The maximum atomic E-state index is 3.62. The summed E-state index contributed by atoms with van der Waals surface area (Å²) in [6.07, 6.45) is 0. The van der Waals surface area contributed by atoms with Crippen LogP contribution in [0.1, 0.15) is 0 Å². The van der Waals surface area contributed by atoms with E-state index in [2.05, 4.69) is 151 Å². The van der Waals surface area contributed by atoms with E-state index in [0.29, 0.717) is 0 Å². The van der Waals surface area contributed by atoms with Gasteiger partial charge in [-0.15, -0.1) is 11.3 Å². The van der Waals surface area contributed by atoms with Crippen LogP contribution in [0.2, 0.25) is 0 Å². The summed E-state index contributed by atoms with van der Waals surface area (Å²) < 4.78 is 2.63. The fourth-order valence-corrected chi connectivity index (χ4v) is 6.92. The molecule has 1 N–H and O–H groups in total. The van der Waals surface area contributed by atoms with Crippen molar-refractivity contribution in [2.24, 2.45) is 0 Å². The Labute approximate surface area is 237 Å². The smallest absolute Gasteiger partial charge is 0.0398 e. The van der Waals surface area contributed by atoms with Crippen LogP contribution in [-0.2, 0) is 0 Å². The minimum atomic E-state index is 1.08. The monoisotopic (exact) mass is 527 g/mol.